The smallest absolute Gasteiger partial charge is 0.279 e. The van der Waals surface area contributed by atoms with Gasteiger partial charge in [0.15, 0.2) is 4.80 Å². The number of hydrogen-bond donors (Lipinski definition) is 1. The molecule has 0 radical (unpaired) electrons. The van der Waals surface area contributed by atoms with Gasteiger partial charge in [0.1, 0.15) is 0 Å². The Labute approximate surface area is 155 Å². The predicted molar refractivity (Wildman–Crippen MR) is 103 cm³/mol. The average Bonchev–Trinajstić information content (AvgIpc) is 2.91. The molecule has 8 heteroatoms. The van der Waals surface area contributed by atoms with Crippen molar-refractivity contribution >= 4 is 37.5 Å². The summed E-state index contributed by atoms with van der Waals surface area (Å²) in [7, 11) is -3.78. The Morgan fingerprint density at radius 3 is 2.62 bits per heavy atom. The molecule has 2 N–H and O–H groups in total. The number of aryl methyl sites for hydroxylation is 2. The monoisotopic (exact) mass is 389 g/mol. The molecule has 3 aromatic rings. The second-order valence-corrected chi connectivity index (χ2v) is 8.51. The topological polar surface area (TPSA) is 94.5 Å². The fourth-order valence-corrected chi connectivity index (χ4v) is 4.42. The standard InChI is InChI=1S/C18H19N3O3S2/c1-3-10-21-15-9-8-13(26(19,23)24)11-16(15)25-18(21)20-17(22)14-7-5-4-6-12(14)2/h4-9,11H,3,10H2,1-2H3,(H2,19,23,24). The van der Waals surface area contributed by atoms with Crippen LogP contribution < -0.4 is 9.94 Å². The first-order valence-electron chi connectivity index (χ1n) is 8.12. The molecule has 0 saturated carbocycles. The average molecular weight is 390 g/mol. The molecule has 6 nitrogen and oxygen atoms in total. The number of carbonyl (C=O) groups is 1. The first kappa shape index (κ1) is 18.5. The van der Waals surface area contributed by atoms with Gasteiger partial charge in [-0.15, -0.1) is 0 Å². The van der Waals surface area contributed by atoms with E-state index in [-0.39, 0.29) is 10.8 Å². The lowest BCUT2D eigenvalue weighted by Crippen LogP contribution is -2.17. The van der Waals surface area contributed by atoms with Crippen molar-refractivity contribution in [2.75, 3.05) is 0 Å². The molecule has 1 heterocycles. The van der Waals surface area contributed by atoms with Crippen LogP contribution in [-0.4, -0.2) is 18.9 Å². The van der Waals surface area contributed by atoms with Crippen molar-refractivity contribution in [2.45, 2.75) is 31.7 Å². The van der Waals surface area contributed by atoms with E-state index in [0.29, 0.717) is 16.9 Å². The first-order chi connectivity index (χ1) is 12.3. The third-order valence-corrected chi connectivity index (χ3v) is 5.95. The third-order valence-electron chi connectivity index (χ3n) is 4.00. The van der Waals surface area contributed by atoms with Gasteiger partial charge in [0.05, 0.1) is 15.1 Å². The Balaban J connectivity index is 2.20. The Hall–Kier alpha value is -2.29. The van der Waals surface area contributed by atoms with Crippen molar-refractivity contribution in [3.05, 3.63) is 58.4 Å². The van der Waals surface area contributed by atoms with Crippen LogP contribution in [0.5, 0.6) is 0 Å². The van der Waals surface area contributed by atoms with Gasteiger partial charge < -0.3 is 4.57 Å². The minimum absolute atomic E-state index is 0.0479. The second-order valence-electron chi connectivity index (χ2n) is 5.94. The zero-order valence-electron chi connectivity index (χ0n) is 14.5. The van der Waals surface area contributed by atoms with Gasteiger partial charge >= 0.3 is 0 Å². The molecule has 0 spiro atoms. The summed E-state index contributed by atoms with van der Waals surface area (Å²) >= 11 is 1.28. The number of thiazole rings is 1. The molecule has 136 valence electrons. The van der Waals surface area contributed by atoms with Gasteiger partial charge in [0.25, 0.3) is 5.91 Å². The summed E-state index contributed by atoms with van der Waals surface area (Å²) in [6.45, 7) is 4.57. The van der Waals surface area contributed by atoms with Gasteiger partial charge in [-0.3, -0.25) is 4.79 Å². The minimum Gasteiger partial charge on any atom is -0.316 e. The lowest BCUT2D eigenvalue weighted by atomic mass is 10.1. The largest absolute Gasteiger partial charge is 0.316 e. The second kappa shape index (κ2) is 7.14. The highest BCUT2D eigenvalue weighted by molar-refractivity contribution is 7.89. The maximum absolute atomic E-state index is 12.6. The SMILES string of the molecule is CCCn1c(=NC(=O)c2ccccc2C)sc2cc(S(N)(=O)=O)ccc21. The molecule has 0 aliphatic carbocycles. The van der Waals surface area contributed by atoms with Crippen LogP contribution in [-0.2, 0) is 16.6 Å². The van der Waals surface area contributed by atoms with Crippen molar-refractivity contribution in [3.8, 4) is 0 Å². The number of fused-ring (bicyclic) bond motifs is 1. The molecule has 1 amide bonds. The van der Waals surface area contributed by atoms with Crippen molar-refractivity contribution in [1.82, 2.24) is 4.57 Å². The summed E-state index contributed by atoms with van der Waals surface area (Å²) in [5.41, 5.74) is 2.25. The first-order valence-corrected chi connectivity index (χ1v) is 10.5. The van der Waals surface area contributed by atoms with Gasteiger partial charge in [0, 0.05) is 12.1 Å². The van der Waals surface area contributed by atoms with Gasteiger partial charge in [-0.1, -0.05) is 36.5 Å². The number of hydrogen-bond acceptors (Lipinski definition) is 4. The summed E-state index contributed by atoms with van der Waals surface area (Å²) in [5.74, 6) is -0.314. The van der Waals surface area contributed by atoms with Crippen LogP contribution in [0.1, 0.15) is 29.3 Å². The Kier molecular flexibility index (Phi) is 5.08. The lowest BCUT2D eigenvalue weighted by molar-refractivity contribution is 0.0997. The lowest BCUT2D eigenvalue weighted by Gasteiger charge is -2.04. The third kappa shape index (κ3) is 3.62. The van der Waals surface area contributed by atoms with Gasteiger partial charge in [-0.25, -0.2) is 13.6 Å². The summed E-state index contributed by atoms with van der Waals surface area (Å²) in [4.78, 5) is 17.5. The number of nitrogens with zero attached hydrogens (tertiary/aromatic N) is 2. The Bertz CT molecular complexity index is 1160. The van der Waals surface area contributed by atoms with Crippen LogP contribution in [0.25, 0.3) is 10.2 Å². The number of primary sulfonamides is 1. The molecule has 0 fully saturated rings. The normalized spacial score (nSPS) is 12.7. The summed E-state index contributed by atoms with van der Waals surface area (Å²) < 4.78 is 25.8. The Morgan fingerprint density at radius 2 is 1.96 bits per heavy atom. The van der Waals surface area contributed by atoms with Crippen LogP contribution in [0.15, 0.2) is 52.4 Å². The van der Waals surface area contributed by atoms with Crippen LogP contribution in [0.3, 0.4) is 0 Å². The number of carbonyl (C=O) groups excluding carboxylic acids is 1. The zero-order chi connectivity index (χ0) is 18.9. The van der Waals surface area contributed by atoms with Gasteiger partial charge in [-0.2, -0.15) is 4.99 Å². The highest BCUT2D eigenvalue weighted by Gasteiger charge is 2.14. The van der Waals surface area contributed by atoms with Crippen molar-refractivity contribution in [1.29, 1.82) is 0 Å². The molecule has 0 aliphatic rings. The minimum atomic E-state index is -3.78. The fourth-order valence-electron chi connectivity index (χ4n) is 2.72. The number of rotatable bonds is 4. The molecule has 0 bridgehead atoms. The molecule has 26 heavy (non-hydrogen) atoms. The Morgan fingerprint density at radius 1 is 1.23 bits per heavy atom. The number of benzene rings is 2. The molecule has 3 rings (SSSR count). The molecule has 0 aliphatic heterocycles. The van der Waals surface area contributed by atoms with E-state index in [1.54, 1.807) is 18.2 Å². The van der Waals surface area contributed by atoms with Crippen molar-refractivity contribution in [3.63, 3.8) is 0 Å². The van der Waals surface area contributed by atoms with Crippen LogP contribution in [0.2, 0.25) is 0 Å². The zero-order valence-corrected chi connectivity index (χ0v) is 16.1. The molecule has 0 saturated heterocycles. The van der Waals surface area contributed by atoms with Crippen molar-refractivity contribution < 1.29 is 13.2 Å². The summed E-state index contributed by atoms with van der Waals surface area (Å²) in [5, 5.41) is 5.22. The highest BCUT2D eigenvalue weighted by Crippen LogP contribution is 2.21. The van der Waals surface area contributed by atoms with Gasteiger partial charge in [0.2, 0.25) is 10.0 Å². The molecule has 0 unspecified atom stereocenters. The molecular weight excluding hydrogens is 370 g/mol. The number of aromatic nitrogens is 1. The maximum Gasteiger partial charge on any atom is 0.279 e. The number of nitrogens with two attached hydrogens (primary N) is 1. The van der Waals surface area contributed by atoms with E-state index < -0.39 is 10.0 Å². The van der Waals surface area contributed by atoms with E-state index in [2.05, 4.69) is 4.99 Å². The van der Waals surface area contributed by atoms with Crippen LogP contribution >= 0.6 is 11.3 Å². The number of sulfonamides is 1. The van der Waals surface area contributed by atoms with E-state index in [9.17, 15) is 13.2 Å². The summed E-state index contributed by atoms with van der Waals surface area (Å²) in [6, 6.07) is 12.0. The molecule has 2 aromatic carbocycles. The van der Waals surface area contributed by atoms with Crippen LogP contribution in [0, 0.1) is 6.92 Å². The molecular formula is C18H19N3O3S2. The van der Waals surface area contributed by atoms with Gasteiger partial charge in [-0.05, 0) is 43.2 Å². The fraction of sp³-hybridized carbons (Fsp3) is 0.222. The summed E-state index contributed by atoms with van der Waals surface area (Å²) in [6.07, 6.45) is 0.856. The predicted octanol–water partition coefficient (Wildman–Crippen LogP) is 2.81. The number of amides is 1. The van der Waals surface area contributed by atoms with Crippen molar-refractivity contribution in [2.24, 2.45) is 10.1 Å². The van der Waals surface area contributed by atoms with Crippen LogP contribution in [0.4, 0.5) is 0 Å². The highest BCUT2D eigenvalue weighted by atomic mass is 32.2. The maximum atomic E-state index is 12.6. The van der Waals surface area contributed by atoms with E-state index in [0.717, 1.165) is 22.2 Å². The van der Waals surface area contributed by atoms with E-state index in [1.165, 1.54) is 23.5 Å². The van der Waals surface area contributed by atoms with E-state index in [1.807, 2.05) is 30.5 Å². The van der Waals surface area contributed by atoms with E-state index in [4.69, 9.17) is 5.14 Å². The van der Waals surface area contributed by atoms with E-state index >= 15 is 0 Å². The molecule has 0 atom stereocenters. The molecule has 1 aromatic heterocycles. The quantitative estimate of drug-likeness (QED) is 0.743.